The van der Waals surface area contributed by atoms with E-state index in [2.05, 4.69) is 34.4 Å². The van der Waals surface area contributed by atoms with Crippen molar-refractivity contribution in [1.82, 2.24) is 15.5 Å². The first-order valence-electron chi connectivity index (χ1n) is 9.57. The van der Waals surface area contributed by atoms with Crippen LogP contribution in [-0.4, -0.2) is 62.9 Å². The third-order valence-electron chi connectivity index (χ3n) is 4.73. The van der Waals surface area contributed by atoms with E-state index in [1.165, 1.54) is 6.07 Å². The van der Waals surface area contributed by atoms with E-state index >= 15 is 0 Å². The maximum atomic E-state index is 13.8. The van der Waals surface area contributed by atoms with Gasteiger partial charge in [-0.2, -0.15) is 0 Å². The highest BCUT2D eigenvalue weighted by Gasteiger charge is 2.28. The molecule has 1 fully saturated rings. The number of hydrogen-bond acceptors (Lipinski definition) is 4. The van der Waals surface area contributed by atoms with Crippen LogP contribution < -0.4 is 10.6 Å². The standard InChI is InChI=1S/C20H33FN4O2/c1-5-22-19(24-15-20(2,3)25-8-10-27-11-9-25)23-13-16-6-7-18(21)17(12-16)14-26-4/h6-7,12H,5,8-11,13-15H2,1-4H3,(H2,22,23,24). The molecule has 6 nitrogen and oxygen atoms in total. The Kier molecular flexibility index (Phi) is 8.47. The Morgan fingerprint density at radius 3 is 2.70 bits per heavy atom. The van der Waals surface area contributed by atoms with E-state index in [9.17, 15) is 4.39 Å². The van der Waals surface area contributed by atoms with Gasteiger partial charge in [0, 0.05) is 44.4 Å². The minimum Gasteiger partial charge on any atom is -0.380 e. The quantitative estimate of drug-likeness (QED) is 0.535. The molecule has 2 rings (SSSR count). The Bertz CT molecular complexity index is 616. The van der Waals surface area contributed by atoms with Gasteiger partial charge in [-0.25, -0.2) is 9.38 Å². The lowest BCUT2D eigenvalue weighted by Crippen LogP contribution is -2.56. The fourth-order valence-corrected chi connectivity index (χ4v) is 3.09. The monoisotopic (exact) mass is 380 g/mol. The SMILES string of the molecule is CCNC(=NCc1ccc(F)c(COC)c1)NCC(C)(C)N1CCOCC1. The summed E-state index contributed by atoms with van der Waals surface area (Å²) in [5.74, 6) is 0.512. The highest BCUT2D eigenvalue weighted by molar-refractivity contribution is 5.79. The Morgan fingerprint density at radius 2 is 2.04 bits per heavy atom. The predicted octanol–water partition coefficient (Wildman–Crippen LogP) is 2.14. The number of ether oxygens (including phenoxy) is 2. The minimum absolute atomic E-state index is 0.00147. The number of guanidine groups is 1. The van der Waals surface area contributed by atoms with Crippen molar-refractivity contribution in [3.8, 4) is 0 Å². The van der Waals surface area contributed by atoms with E-state index in [0.29, 0.717) is 12.1 Å². The second-order valence-corrected chi connectivity index (χ2v) is 7.32. The van der Waals surface area contributed by atoms with E-state index in [1.807, 2.05) is 13.0 Å². The van der Waals surface area contributed by atoms with Crippen molar-refractivity contribution in [1.29, 1.82) is 0 Å². The van der Waals surface area contributed by atoms with Gasteiger partial charge in [0.15, 0.2) is 5.96 Å². The summed E-state index contributed by atoms with van der Waals surface area (Å²) < 4.78 is 24.2. The van der Waals surface area contributed by atoms with Crippen molar-refractivity contribution >= 4 is 5.96 Å². The van der Waals surface area contributed by atoms with Crippen molar-refractivity contribution in [2.24, 2.45) is 4.99 Å². The highest BCUT2D eigenvalue weighted by Crippen LogP contribution is 2.15. The lowest BCUT2D eigenvalue weighted by atomic mass is 10.0. The molecule has 1 aliphatic heterocycles. The molecule has 1 aromatic carbocycles. The minimum atomic E-state index is -0.248. The fraction of sp³-hybridized carbons (Fsp3) is 0.650. The number of rotatable bonds is 8. The van der Waals surface area contributed by atoms with Crippen molar-refractivity contribution in [3.63, 3.8) is 0 Å². The zero-order valence-electron chi connectivity index (χ0n) is 17.0. The summed E-state index contributed by atoms with van der Waals surface area (Å²) in [5.41, 5.74) is 1.51. The van der Waals surface area contributed by atoms with E-state index in [0.717, 1.165) is 50.9 Å². The normalized spacial score (nSPS) is 16.4. The Hall–Kier alpha value is -1.70. The molecule has 27 heavy (non-hydrogen) atoms. The van der Waals surface area contributed by atoms with Gasteiger partial charge in [0.25, 0.3) is 0 Å². The number of halogens is 1. The molecule has 1 aliphatic rings. The number of benzene rings is 1. The number of nitrogens with one attached hydrogen (secondary N) is 2. The van der Waals surface area contributed by atoms with Crippen LogP contribution in [0.25, 0.3) is 0 Å². The molecular formula is C20H33FN4O2. The molecule has 7 heteroatoms. The van der Waals surface area contributed by atoms with Gasteiger partial charge < -0.3 is 20.1 Å². The average Bonchev–Trinajstić information content (AvgIpc) is 2.67. The third-order valence-corrected chi connectivity index (χ3v) is 4.73. The molecule has 0 saturated carbocycles. The Balaban J connectivity index is 1.98. The number of nitrogens with zero attached hydrogens (tertiary/aromatic N) is 2. The number of morpholine rings is 1. The van der Waals surface area contributed by atoms with Gasteiger partial charge in [0.2, 0.25) is 0 Å². The Morgan fingerprint density at radius 1 is 1.30 bits per heavy atom. The van der Waals surface area contributed by atoms with Crippen LogP contribution in [0.3, 0.4) is 0 Å². The van der Waals surface area contributed by atoms with Crippen LogP contribution in [-0.2, 0) is 22.6 Å². The van der Waals surface area contributed by atoms with Crippen LogP contribution in [0.4, 0.5) is 4.39 Å². The first-order chi connectivity index (χ1) is 13.0. The summed E-state index contributed by atoms with van der Waals surface area (Å²) in [6.07, 6.45) is 0. The van der Waals surface area contributed by atoms with Gasteiger partial charge in [-0.1, -0.05) is 6.07 Å². The lowest BCUT2D eigenvalue weighted by molar-refractivity contribution is -0.00834. The summed E-state index contributed by atoms with van der Waals surface area (Å²) in [5, 5.41) is 6.71. The van der Waals surface area contributed by atoms with Crippen LogP contribution >= 0.6 is 0 Å². The first kappa shape index (κ1) is 21.6. The van der Waals surface area contributed by atoms with Gasteiger partial charge in [0.05, 0.1) is 26.4 Å². The number of aliphatic imine (C=N–C) groups is 1. The van der Waals surface area contributed by atoms with E-state index in [1.54, 1.807) is 13.2 Å². The topological polar surface area (TPSA) is 58.1 Å². The van der Waals surface area contributed by atoms with Crippen LogP contribution in [0.2, 0.25) is 0 Å². The second kappa shape index (κ2) is 10.6. The van der Waals surface area contributed by atoms with Gasteiger partial charge in [-0.15, -0.1) is 0 Å². The van der Waals surface area contributed by atoms with Crippen LogP contribution in [0.5, 0.6) is 0 Å². The van der Waals surface area contributed by atoms with Gasteiger partial charge in [0.1, 0.15) is 5.82 Å². The highest BCUT2D eigenvalue weighted by atomic mass is 19.1. The molecule has 0 aromatic heterocycles. The van der Waals surface area contributed by atoms with Crippen molar-refractivity contribution in [3.05, 3.63) is 35.1 Å². The lowest BCUT2D eigenvalue weighted by Gasteiger charge is -2.41. The van der Waals surface area contributed by atoms with Gasteiger partial charge >= 0.3 is 0 Å². The van der Waals surface area contributed by atoms with Gasteiger partial charge in [-0.3, -0.25) is 4.90 Å². The van der Waals surface area contributed by atoms with Crippen molar-refractivity contribution < 1.29 is 13.9 Å². The summed E-state index contributed by atoms with van der Waals surface area (Å²) in [4.78, 5) is 7.09. The van der Waals surface area contributed by atoms with Gasteiger partial charge in [-0.05, 0) is 38.5 Å². The zero-order chi connectivity index (χ0) is 19.7. The maximum absolute atomic E-state index is 13.8. The molecule has 0 bridgehead atoms. The van der Waals surface area contributed by atoms with E-state index < -0.39 is 0 Å². The molecule has 0 aliphatic carbocycles. The molecule has 0 unspecified atom stereocenters. The molecule has 0 atom stereocenters. The largest absolute Gasteiger partial charge is 0.380 e. The maximum Gasteiger partial charge on any atom is 0.191 e. The number of hydrogen-bond donors (Lipinski definition) is 2. The Labute approximate surface area is 162 Å². The number of methoxy groups -OCH3 is 1. The van der Waals surface area contributed by atoms with Crippen LogP contribution in [0, 0.1) is 5.82 Å². The molecule has 1 heterocycles. The summed E-state index contributed by atoms with van der Waals surface area (Å²) in [6, 6.07) is 5.05. The molecule has 1 aromatic rings. The van der Waals surface area contributed by atoms with Crippen LogP contribution in [0.15, 0.2) is 23.2 Å². The van der Waals surface area contributed by atoms with E-state index in [-0.39, 0.29) is 18.0 Å². The predicted molar refractivity (Wildman–Crippen MR) is 106 cm³/mol. The average molecular weight is 381 g/mol. The summed E-state index contributed by atoms with van der Waals surface area (Å²) in [7, 11) is 1.56. The smallest absolute Gasteiger partial charge is 0.191 e. The second-order valence-electron chi connectivity index (χ2n) is 7.32. The summed E-state index contributed by atoms with van der Waals surface area (Å²) in [6.45, 7) is 12.2. The third kappa shape index (κ3) is 6.75. The molecule has 0 amide bonds. The molecular weight excluding hydrogens is 347 g/mol. The first-order valence-corrected chi connectivity index (χ1v) is 9.57. The molecule has 1 saturated heterocycles. The zero-order valence-corrected chi connectivity index (χ0v) is 17.0. The van der Waals surface area contributed by atoms with Crippen LogP contribution in [0.1, 0.15) is 31.9 Å². The fourth-order valence-electron chi connectivity index (χ4n) is 3.09. The molecule has 152 valence electrons. The molecule has 0 spiro atoms. The van der Waals surface area contributed by atoms with E-state index in [4.69, 9.17) is 9.47 Å². The molecule has 0 radical (unpaired) electrons. The summed E-state index contributed by atoms with van der Waals surface area (Å²) >= 11 is 0. The van der Waals surface area contributed by atoms with Crippen molar-refractivity contribution in [2.45, 2.75) is 39.5 Å². The molecule has 2 N–H and O–H groups in total. The van der Waals surface area contributed by atoms with Crippen molar-refractivity contribution in [2.75, 3.05) is 46.5 Å².